The fraction of sp³-hybridized carbons (Fsp3) is 0.667. The molecule has 4 heteroatoms. The van der Waals surface area contributed by atoms with E-state index >= 15 is 0 Å². The summed E-state index contributed by atoms with van der Waals surface area (Å²) in [6.45, 7) is 4.55. The van der Waals surface area contributed by atoms with Crippen LogP contribution in [0.25, 0.3) is 0 Å². The zero-order valence-corrected chi connectivity index (χ0v) is 8.20. The number of nitrogen functional groups attached to an aromatic ring is 1. The summed E-state index contributed by atoms with van der Waals surface area (Å²) in [4.78, 5) is 0. The van der Waals surface area contributed by atoms with E-state index in [0.717, 1.165) is 24.9 Å². The van der Waals surface area contributed by atoms with Crippen LogP contribution in [0.4, 0.5) is 5.82 Å². The van der Waals surface area contributed by atoms with E-state index in [-0.39, 0.29) is 6.10 Å². The van der Waals surface area contributed by atoms with Crippen molar-refractivity contribution in [3.63, 3.8) is 0 Å². The Morgan fingerprint density at radius 1 is 1.69 bits per heavy atom. The molecule has 1 aromatic heterocycles. The second kappa shape index (κ2) is 4.28. The molecule has 13 heavy (non-hydrogen) atoms. The van der Waals surface area contributed by atoms with Gasteiger partial charge in [-0.1, -0.05) is 0 Å². The third-order valence-corrected chi connectivity index (χ3v) is 1.99. The molecule has 1 heterocycles. The number of aromatic nitrogens is 2. The van der Waals surface area contributed by atoms with Crippen molar-refractivity contribution in [2.45, 2.75) is 39.3 Å². The Bertz CT molecular complexity index is 248. The number of aliphatic hydroxyl groups is 1. The number of aryl methyl sites for hydroxylation is 2. The molecule has 0 bridgehead atoms. The summed E-state index contributed by atoms with van der Waals surface area (Å²) in [7, 11) is 0. The van der Waals surface area contributed by atoms with Crippen molar-refractivity contribution >= 4 is 5.82 Å². The van der Waals surface area contributed by atoms with Gasteiger partial charge in [0.15, 0.2) is 0 Å². The van der Waals surface area contributed by atoms with Crippen molar-refractivity contribution < 1.29 is 5.11 Å². The standard InChI is InChI=1S/C9H17N3O/c1-7-6-12(11-9(7)10)5-3-4-8(2)13/h6,8,13H,3-5H2,1-2H3,(H2,10,11). The lowest BCUT2D eigenvalue weighted by atomic mass is 10.2. The molecule has 0 radical (unpaired) electrons. The summed E-state index contributed by atoms with van der Waals surface area (Å²) >= 11 is 0. The molecule has 0 aliphatic carbocycles. The first kappa shape index (κ1) is 10.1. The lowest BCUT2D eigenvalue weighted by Crippen LogP contribution is -2.04. The van der Waals surface area contributed by atoms with E-state index in [1.165, 1.54) is 0 Å². The molecule has 3 N–H and O–H groups in total. The summed E-state index contributed by atoms with van der Waals surface area (Å²) in [6, 6.07) is 0. The minimum absolute atomic E-state index is 0.228. The van der Waals surface area contributed by atoms with Gasteiger partial charge in [0.25, 0.3) is 0 Å². The van der Waals surface area contributed by atoms with Gasteiger partial charge in [0.2, 0.25) is 0 Å². The first-order chi connectivity index (χ1) is 6.09. The second-order valence-electron chi connectivity index (χ2n) is 3.45. The monoisotopic (exact) mass is 183 g/mol. The summed E-state index contributed by atoms with van der Waals surface area (Å²) in [5, 5.41) is 13.2. The molecule has 0 aromatic carbocycles. The van der Waals surface area contributed by atoms with Crippen LogP contribution >= 0.6 is 0 Å². The fourth-order valence-electron chi connectivity index (χ4n) is 1.20. The number of anilines is 1. The minimum Gasteiger partial charge on any atom is -0.393 e. The Morgan fingerprint density at radius 2 is 2.38 bits per heavy atom. The predicted molar refractivity (Wildman–Crippen MR) is 52.3 cm³/mol. The van der Waals surface area contributed by atoms with Gasteiger partial charge in [-0.2, -0.15) is 5.10 Å². The third-order valence-electron chi connectivity index (χ3n) is 1.99. The Balaban J connectivity index is 2.37. The molecule has 1 unspecified atom stereocenters. The van der Waals surface area contributed by atoms with E-state index in [0.29, 0.717) is 5.82 Å². The zero-order chi connectivity index (χ0) is 9.84. The number of nitrogens with two attached hydrogens (primary N) is 1. The van der Waals surface area contributed by atoms with Gasteiger partial charge in [0, 0.05) is 18.3 Å². The van der Waals surface area contributed by atoms with Crippen molar-refractivity contribution in [2.75, 3.05) is 5.73 Å². The topological polar surface area (TPSA) is 64.1 Å². The molecule has 1 rings (SSSR count). The second-order valence-corrected chi connectivity index (χ2v) is 3.45. The molecule has 1 atom stereocenters. The molecule has 74 valence electrons. The number of rotatable bonds is 4. The summed E-state index contributed by atoms with van der Waals surface area (Å²) in [5.41, 5.74) is 6.60. The summed E-state index contributed by atoms with van der Waals surface area (Å²) in [5.74, 6) is 0.594. The quantitative estimate of drug-likeness (QED) is 0.730. The highest BCUT2D eigenvalue weighted by atomic mass is 16.3. The first-order valence-electron chi connectivity index (χ1n) is 4.57. The normalized spacial score (nSPS) is 13.2. The first-order valence-corrected chi connectivity index (χ1v) is 4.57. The summed E-state index contributed by atoms with van der Waals surface area (Å²) < 4.78 is 1.83. The van der Waals surface area contributed by atoms with E-state index in [4.69, 9.17) is 10.8 Å². The van der Waals surface area contributed by atoms with Gasteiger partial charge in [-0.3, -0.25) is 4.68 Å². The average Bonchev–Trinajstić information content (AvgIpc) is 2.30. The smallest absolute Gasteiger partial charge is 0.148 e. The van der Waals surface area contributed by atoms with Crippen molar-refractivity contribution in [3.8, 4) is 0 Å². The fourth-order valence-corrected chi connectivity index (χ4v) is 1.20. The molecular weight excluding hydrogens is 166 g/mol. The van der Waals surface area contributed by atoms with Crippen molar-refractivity contribution in [2.24, 2.45) is 0 Å². The van der Waals surface area contributed by atoms with Crippen LogP contribution in [0.15, 0.2) is 6.20 Å². The molecule has 0 aliphatic heterocycles. The van der Waals surface area contributed by atoms with Crippen LogP contribution in [0, 0.1) is 6.92 Å². The molecule has 0 amide bonds. The highest BCUT2D eigenvalue weighted by molar-refractivity contribution is 5.35. The molecule has 0 aliphatic rings. The van der Waals surface area contributed by atoms with Crippen LogP contribution in [0.2, 0.25) is 0 Å². The summed E-state index contributed by atoms with van der Waals surface area (Å²) in [6.07, 6.45) is 3.43. The van der Waals surface area contributed by atoms with E-state index < -0.39 is 0 Å². The largest absolute Gasteiger partial charge is 0.393 e. The van der Waals surface area contributed by atoms with Crippen LogP contribution in [-0.4, -0.2) is 21.0 Å². The van der Waals surface area contributed by atoms with Gasteiger partial charge < -0.3 is 10.8 Å². The minimum atomic E-state index is -0.228. The van der Waals surface area contributed by atoms with Crippen LogP contribution in [0.1, 0.15) is 25.3 Å². The molecular formula is C9H17N3O. The highest BCUT2D eigenvalue weighted by Gasteiger charge is 2.01. The maximum atomic E-state index is 9.04. The van der Waals surface area contributed by atoms with E-state index in [1.54, 1.807) is 6.92 Å². The van der Waals surface area contributed by atoms with Crippen molar-refractivity contribution in [3.05, 3.63) is 11.8 Å². The van der Waals surface area contributed by atoms with Crippen molar-refractivity contribution in [1.29, 1.82) is 0 Å². The van der Waals surface area contributed by atoms with Gasteiger partial charge >= 0.3 is 0 Å². The van der Waals surface area contributed by atoms with Gasteiger partial charge in [0.05, 0.1) is 6.10 Å². The molecule has 0 saturated carbocycles. The van der Waals surface area contributed by atoms with Crippen LogP contribution in [-0.2, 0) is 6.54 Å². The number of hydrogen-bond donors (Lipinski definition) is 2. The molecule has 0 spiro atoms. The Morgan fingerprint density at radius 3 is 2.85 bits per heavy atom. The predicted octanol–water partition coefficient (Wildman–Crippen LogP) is 0.935. The molecule has 4 nitrogen and oxygen atoms in total. The Kier molecular flexibility index (Phi) is 3.31. The number of nitrogens with zero attached hydrogens (tertiary/aromatic N) is 2. The highest BCUT2D eigenvalue weighted by Crippen LogP contribution is 2.07. The third kappa shape index (κ3) is 3.06. The molecule has 0 saturated heterocycles. The average molecular weight is 183 g/mol. The van der Waals surface area contributed by atoms with Crippen molar-refractivity contribution in [1.82, 2.24) is 9.78 Å². The van der Waals surface area contributed by atoms with E-state index in [9.17, 15) is 0 Å². The van der Waals surface area contributed by atoms with Crippen LogP contribution in [0.3, 0.4) is 0 Å². The van der Waals surface area contributed by atoms with E-state index in [1.807, 2.05) is 17.8 Å². The van der Waals surface area contributed by atoms with Gasteiger partial charge in [-0.25, -0.2) is 0 Å². The lowest BCUT2D eigenvalue weighted by molar-refractivity contribution is 0.179. The Labute approximate surface area is 78.4 Å². The Hall–Kier alpha value is -1.03. The lowest BCUT2D eigenvalue weighted by Gasteiger charge is -2.03. The number of hydrogen-bond acceptors (Lipinski definition) is 3. The van der Waals surface area contributed by atoms with Crippen LogP contribution < -0.4 is 5.73 Å². The van der Waals surface area contributed by atoms with Gasteiger partial charge in [0.1, 0.15) is 5.82 Å². The molecule has 0 fully saturated rings. The zero-order valence-electron chi connectivity index (χ0n) is 8.20. The maximum absolute atomic E-state index is 9.04. The van der Waals surface area contributed by atoms with Gasteiger partial charge in [-0.05, 0) is 26.7 Å². The van der Waals surface area contributed by atoms with Crippen LogP contribution in [0.5, 0.6) is 0 Å². The van der Waals surface area contributed by atoms with E-state index in [2.05, 4.69) is 5.10 Å². The SMILES string of the molecule is Cc1cn(CCCC(C)O)nc1N. The van der Waals surface area contributed by atoms with Gasteiger partial charge in [-0.15, -0.1) is 0 Å². The number of aliphatic hydroxyl groups excluding tert-OH is 1. The molecule has 1 aromatic rings. The maximum Gasteiger partial charge on any atom is 0.148 e.